The molecule has 1 rings (SSSR count). The molecule has 0 spiro atoms. The second kappa shape index (κ2) is 8.14. The fourth-order valence-corrected chi connectivity index (χ4v) is 2.13. The Morgan fingerprint density at radius 2 is 1.76 bits per heavy atom. The summed E-state index contributed by atoms with van der Waals surface area (Å²) in [6, 6.07) is 3.22. The van der Waals surface area contributed by atoms with E-state index >= 15 is 0 Å². The van der Waals surface area contributed by atoms with Crippen molar-refractivity contribution >= 4 is 11.9 Å². The van der Waals surface area contributed by atoms with Crippen LogP contribution in [0.4, 0.5) is 0 Å². The Morgan fingerprint density at radius 1 is 1.05 bits per heavy atom. The smallest absolute Gasteiger partial charge is 0.339 e. The summed E-state index contributed by atoms with van der Waals surface area (Å²) in [7, 11) is 2.92. The number of methoxy groups -OCH3 is 2. The third-order valence-electron chi connectivity index (χ3n) is 3.16. The molecule has 0 aromatic heterocycles. The number of ether oxygens (including phenoxy) is 2. The van der Waals surface area contributed by atoms with E-state index in [4.69, 9.17) is 14.6 Å². The number of carbonyl (C=O) groups is 2. The summed E-state index contributed by atoms with van der Waals surface area (Å²) in [4.78, 5) is 21.8. The van der Waals surface area contributed by atoms with Crippen LogP contribution in [0.5, 0.6) is 11.5 Å². The number of carboxylic acid groups (broad SMARTS) is 2. The van der Waals surface area contributed by atoms with E-state index in [0.717, 1.165) is 6.42 Å². The van der Waals surface area contributed by atoms with E-state index in [0.29, 0.717) is 30.6 Å². The average molecular weight is 296 g/mol. The van der Waals surface area contributed by atoms with Gasteiger partial charge in [-0.15, -0.1) is 0 Å². The second-order valence-electron chi connectivity index (χ2n) is 4.62. The molecule has 6 heteroatoms. The van der Waals surface area contributed by atoms with Gasteiger partial charge in [-0.1, -0.05) is 6.42 Å². The predicted octanol–water partition coefficient (Wildman–Crippen LogP) is 2.59. The first-order valence-electron chi connectivity index (χ1n) is 6.69. The van der Waals surface area contributed by atoms with Crippen molar-refractivity contribution in [1.82, 2.24) is 0 Å². The number of hydrogen-bond acceptors (Lipinski definition) is 4. The van der Waals surface area contributed by atoms with Crippen LogP contribution in [0, 0.1) is 0 Å². The van der Waals surface area contributed by atoms with Crippen LogP contribution in [0.15, 0.2) is 12.1 Å². The minimum Gasteiger partial charge on any atom is -0.497 e. The van der Waals surface area contributed by atoms with Gasteiger partial charge in [0.05, 0.1) is 14.2 Å². The topological polar surface area (TPSA) is 93.1 Å². The summed E-state index contributed by atoms with van der Waals surface area (Å²) in [5, 5.41) is 17.9. The van der Waals surface area contributed by atoms with Crippen molar-refractivity contribution in [2.24, 2.45) is 0 Å². The van der Waals surface area contributed by atoms with Crippen LogP contribution in [0.2, 0.25) is 0 Å². The lowest BCUT2D eigenvalue weighted by Gasteiger charge is -2.13. The first kappa shape index (κ1) is 16.8. The molecule has 0 amide bonds. The summed E-state index contributed by atoms with van der Waals surface area (Å²) in [6.45, 7) is 0. The quantitative estimate of drug-likeness (QED) is 0.680. The molecule has 0 aliphatic carbocycles. The maximum atomic E-state index is 11.4. The van der Waals surface area contributed by atoms with Gasteiger partial charge in [0, 0.05) is 12.5 Å². The first-order valence-corrected chi connectivity index (χ1v) is 6.69. The van der Waals surface area contributed by atoms with Gasteiger partial charge in [-0.25, -0.2) is 4.79 Å². The van der Waals surface area contributed by atoms with Crippen molar-refractivity contribution in [1.29, 1.82) is 0 Å². The molecule has 0 heterocycles. The third kappa shape index (κ3) is 4.98. The molecule has 2 N–H and O–H groups in total. The van der Waals surface area contributed by atoms with E-state index in [1.807, 2.05) is 0 Å². The summed E-state index contributed by atoms with van der Waals surface area (Å²) >= 11 is 0. The number of aryl methyl sites for hydroxylation is 1. The van der Waals surface area contributed by atoms with Crippen LogP contribution >= 0.6 is 0 Å². The zero-order valence-electron chi connectivity index (χ0n) is 12.2. The highest BCUT2D eigenvalue weighted by Crippen LogP contribution is 2.30. The lowest BCUT2D eigenvalue weighted by Crippen LogP contribution is -2.06. The van der Waals surface area contributed by atoms with Crippen molar-refractivity contribution in [2.45, 2.75) is 32.1 Å². The first-order chi connectivity index (χ1) is 9.99. The molecule has 6 nitrogen and oxygen atoms in total. The van der Waals surface area contributed by atoms with E-state index in [1.165, 1.54) is 20.3 Å². The monoisotopic (exact) mass is 296 g/mol. The lowest BCUT2D eigenvalue weighted by atomic mass is 9.99. The molecule has 0 unspecified atom stereocenters. The molecule has 1 aromatic rings. The molecule has 0 atom stereocenters. The molecule has 0 bridgehead atoms. The zero-order chi connectivity index (χ0) is 15.8. The van der Waals surface area contributed by atoms with Gasteiger partial charge in [0.2, 0.25) is 0 Å². The highest BCUT2D eigenvalue weighted by molar-refractivity contribution is 5.93. The highest BCUT2D eigenvalue weighted by atomic mass is 16.5. The van der Waals surface area contributed by atoms with Gasteiger partial charge < -0.3 is 19.7 Å². The van der Waals surface area contributed by atoms with Gasteiger partial charge in [-0.2, -0.15) is 0 Å². The van der Waals surface area contributed by atoms with Crippen LogP contribution in [-0.2, 0) is 11.2 Å². The Morgan fingerprint density at radius 3 is 2.29 bits per heavy atom. The lowest BCUT2D eigenvalue weighted by molar-refractivity contribution is -0.137. The second-order valence-corrected chi connectivity index (χ2v) is 4.62. The number of carboxylic acids is 2. The van der Waals surface area contributed by atoms with Crippen LogP contribution in [0.3, 0.4) is 0 Å². The standard InChI is InChI=1S/C15H20O6/c1-20-11-8-10(6-4-3-5-7-13(16)17)14(15(18)19)12(9-11)21-2/h8-9H,3-7H2,1-2H3,(H,16,17)(H,18,19). The molecular formula is C15H20O6. The molecule has 0 aliphatic rings. The van der Waals surface area contributed by atoms with Crippen molar-refractivity contribution in [3.63, 3.8) is 0 Å². The van der Waals surface area contributed by atoms with Crippen molar-refractivity contribution in [2.75, 3.05) is 14.2 Å². The Kier molecular flexibility index (Phi) is 6.52. The zero-order valence-corrected chi connectivity index (χ0v) is 12.2. The normalized spacial score (nSPS) is 10.2. The number of unbranched alkanes of at least 4 members (excludes halogenated alkanes) is 2. The summed E-state index contributed by atoms with van der Waals surface area (Å²) in [5.74, 6) is -1.06. The Bertz CT molecular complexity index is 509. The maximum absolute atomic E-state index is 11.4. The highest BCUT2D eigenvalue weighted by Gasteiger charge is 2.18. The van der Waals surface area contributed by atoms with Crippen LogP contribution in [-0.4, -0.2) is 36.4 Å². The van der Waals surface area contributed by atoms with E-state index in [2.05, 4.69) is 0 Å². The van der Waals surface area contributed by atoms with Gasteiger partial charge in [0.25, 0.3) is 0 Å². The molecule has 116 valence electrons. The average Bonchev–Trinajstić information content (AvgIpc) is 2.45. The van der Waals surface area contributed by atoms with Gasteiger partial charge in [-0.3, -0.25) is 4.79 Å². The largest absolute Gasteiger partial charge is 0.497 e. The minimum atomic E-state index is -1.05. The molecule has 1 aromatic carbocycles. The van der Waals surface area contributed by atoms with E-state index in [-0.39, 0.29) is 17.7 Å². The fourth-order valence-electron chi connectivity index (χ4n) is 2.13. The van der Waals surface area contributed by atoms with Crippen molar-refractivity contribution < 1.29 is 29.3 Å². The third-order valence-corrected chi connectivity index (χ3v) is 3.16. The summed E-state index contributed by atoms with van der Waals surface area (Å²) < 4.78 is 10.3. The van der Waals surface area contributed by atoms with E-state index < -0.39 is 11.9 Å². The van der Waals surface area contributed by atoms with Crippen molar-refractivity contribution in [3.8, 4) is 11.5 Å². The Labute approximate surface area is 123 Å². The van der Waals surface area contributed by atoms with Crippen LogP contribution in [0.25, 0.3) is 0 Å². The SMILES string of the molecule is COc1cc(CCCCCC(=O)O)c(C(=O)O)c(OC)c1. The summed E-state index contributed by atoms with van der Waals surface area (Å²) in [6.07, 6.45) is 2.69. The molecule has 21 heavy (non-hydrogen) atoms. The molecular weight excluding hydrogens is 276 g/mol. The van der Waals surface area contributed by atoms with Crippen molar-refractivity contribution in [3.05, 3.63) is 23.3 Å². The predicted molar refractivity (Wildman–Crippen MR) is 76.3 cm³/mol. The van der Waals surface area contributed by atoms with E-state index in [1.54, 1.807) is 6.07 Å². The number of aromatic carboxylic acids is 1. The van der Waals surface area contributed by atoms with Gasteiger partial charge >= 0.3 is 11.9 Å². The molecule has 0 aliphatic heterocycles. The van der Waals surface area contributed by atoms with Crippen LogP contribution < -0.4 is 9.47 Å². The Hall–Kier alpha value is -2.24. The molecule has 0 radical (unpaired) electrons. The number of hydrogen-bond donors (Lipinski definition) is 2. The summed E-state index contributed by atoms with van der Waals surface area (Å²) in [5.41, 5.74) is 0.769. The number of rotatable bonds is 9. The minimum absolute atomic E-state index is 0.132. The van der Waals surface area contributed by atoms with Gasteiger partial charge in [0.15, 0.2) is 0 Å². The van der Waals surface area contributed by atoms with Crippen LogP contribution in [0.1, 0.15) is 41.6 Å². The number of aliphatic carboxylic acids is 1. The maximum Gasteiger partial charge on any atom is 0.339 e. The van der Waals surface area contributed by atoms with Gasteiger partial charge in [-0.05, 0) is 30.9 Å². The molecule has 0 saturated carbocycles. The fraction of sp³-hybridized carbons (Fsp3) is 0.467. The molecule has 0 fully saturated rings. The van der Waals surface area contributed by atoms with E-state index in [9.17, 15) is 14.7 Å². The Balaban J connectivity index is 2.83. The van der Waals surface area contributed by atoms with Gasteiger partial charge in [0.1, 0.15) is 17.1 Å². The molecule has 0 saturated heterocycles. The number of benzene rings is 1.